The molecule has 4 unspecified atom stereocenters. The third-order valence-corrected chi connectivity index (χ3v) is 5.81. The Labute approximate surface area is 170 Å². The second-order valence-corrected chi connectivity index (χ2v) is 7.23. The molecular formula is C22H26O7. The summed E-state index contributed by atoms with van der Waals surface area (Å²) in [6, 6.07) is 9.21. The van der Waals surface area contributed by atoms with E-state index in [0.29, 0.717) is 36.2 Å². The molecule has 4 rings (SSSR count). The van der Waals surface area contributed by atoms with Gasteiger partial charge in [0.2, 0.25) is 5.75 Å². The maximum atomic E-state index is 9.87. The lowest BCUT2D eigenvalue weighted by Crippen LogP contribution is -2.15. The Kier molecular flexibility index (Phi) is 5.43. The number of phenolic OH excluding ortho intramolecular Hbond substituents is 1. The monoisotopic (exact) mass is 402 g/mol. The van der Waals surface area contributed by atoms with Gasteiger partial charge in [0, 0.05) is 11.8 Å². The quantitative estimate of drug-likeness (QED) is 0.792. The average molecular weight is 402 g/mol. The average Bonchev–Trinajstić information content (AvgIpc) is 3.35. The van der Waals surface area contributed by atoms with Gasteiger partial charge in [-0.15, -0.1) is 0 Å². The van der Waals surface area contributed by atoms with Crippen LogP contribution in [0.15, 0.2) is 30.3 Å². The first-order valence-electron chi connectivity index (χ1n) is 9.51. The first-order valence-corrected chi connectivity index (χ1v) is 9.51. The van der Waals surface area contributed by atoms with Crippen molar-refractivity contribution in [3.05, 3.63) is 41.5 Å². The van der Waals surface area contributed by atoms with Crippen LogP contribution in [-0.2, 0) is 9.47 Å². The molecule has 0 radical (unpaired) electrons. The Morgan fingerprint density at radius 2 is 1.24 bits per heavy atom. The zero-order valence-electron chi connectivity index (χ0n) is 17.0. The largest absolute Gasteiger partial charge is 0.504 e. The smallest absolute Gasteiger partial charge is 0.203 e. The van der Waals surface area contributed by atoms with Crippen LogP contribution in [-0.4, -0.2) is 46.8 Å². The van der Waals surface area contributed by atoms with E-state index >= 15 is 0 Å². The predicted molar refractivity (Wildman–Crippen MR) is 105 cm³/mol. The van der Waals surface area contributed by atoms with Crippen molar-refractivity contribution in [2.24, 2.45) is 11.8 Å². The summed E-state index contributed by atoms with van der Waals surface area (Å²) in [5, 5.41) is 9.87. The molecule has 2 aromatic carbocycles. The lowest BCUT2D eigenvalue weighted by atomic mass is 9.84. The predicted octanol–water partition coefficient (Wildman–Crippen LogP) is 3.50. The molecule has 156 valence electrons. The minimum atomic E-state index is -0.127. The molecule has 29 heavy (non-hydrogen) atoms. The number of phenols is 1. The third kappa shape index (κ3) is 3.34. The van der Waals surface area contributed by atoms with Crippen molar-refractivity contribution in [1.82, 2.24) is 0 Å². The summed E-state index contributed by atoms with van der Waals surface area (Å²) in [5.74, 6) is 2.72. The molecule has 4 atom stereocenters. The molecule has 0 saturated carbocycles. The summed E-state index contributed by atoms with van der Waals surface area (Å²) in [5.41, 5.74) is 1.95. The van der Waals surface area contributed by atoms with Crippen LogP contribution in [0, 0.1) is 11.8 Å². The van der Waals surface area contributed by atoms with Crippen molar-refractivity contribution < 1.29 is 33.5 Å². The topological polar surface area (TPSA) is 75.6 Å². The number of methoxy groups -OCH3 is 4. The number of rotatable bonds is 6. The zero-order valence-corrected chi connectivity index (χ0v) is 17.0. The Hall–Kier alpha value is -2.64. The lowest BCUT2D eigenvalue weighted by molar-refractivity contribution is 0.0191. The van der Waals surface area contributed by atoms with Crippen LogP contribution in [0.1, 0.15) is 23.3 Å². The van der Waals surface area contributed by atoms with Gasteiger partial charge < -0.3 is 33.5 Å². The highest BCUT2D eigenvalue weighted by Gasteiger charge is 2.48. The van der Waals surface area contributed by atoms with E-state index in [1.807, 2.05) is 24.3 Å². The number of hydrogen-bond acceptors (Lipinski definition) is 7. The van der Waals surface area contributed by atoms with E-state index in [1.54, 1.807) is 27.4 Å². The van der Waals surface area contributed by atoms with Gasteiger partial charge in [-0.05, 0) is 35.4 Å². The van der Waals surface area contributed by atoms with E-state index in [-0.39, 0.29) is 29.8 Å². The van der Waals surface area contributed by atoms with Gasteiger partial charge in [-0.2, -0.15) is 0 Å². The van der Waals surface area contributed by atoms with Gasteiger partial charge >= 0.3 is 0 Å². The highest BCUT2D eigenvalue weighted by molar-refractivity contribution is 5.54. The van der Waals surface area contributed by atoms with E-state index in [9.17, 15) is 5.11 Å². The highest BCUT2D eigenvalue weighted by Crippen LogP contribution is 2.52. The number of aromatic hydroxyl groups is 1. The SMILES string of the molecule is COc1cc(C2OCC3C(c4cc(OC)c(OC)c(OC)c4)OCC23)ccc1O. The molecule has 2 saturated heterocycles. The molecule has 1 N–H and O–H groups in total. The van der Waals surface area contributed by atoms with Gasteiger partial charge in [0.1, 0.15) is 0 Å². The second-order valence-electron chi connectivity index (χ2n) is 7.23. The van der Waals surface area contributed by atoms with Gasteiger partial charge in [0.15, 0.2) is 23.0 Å². The van der Waals surface area contributed by atoms with Crippen LogP contribution in [0.25, 0.3) is 0 Å². The maximum Gasteiger partial charge on any atom is 0.203 e. The van der Waals surface area contributed by atoms with Crippen LogP contribution in [0.2, 0.25) is 0 Å². The summed E-state index contributed by atoms with van der Waals surface area (Å²) in [4.78, 5) is 0. The summed E-state index contributed by atoms with van der Waals surface area (Å²) in [7, 11) is 6.33. The third-order valence-electron chi connectivity index (χ3n) is 5.81. The molecule has 2 heterocycles. The molecular weight excluding hydrogens is 376 g/mol. The normalized spacial score (nSPS) is 25.5. The van der Waals surface area contributed by atoms with Crippen LogP contribution in [0.3, 0.4) is 0 Å². The Morgan fingerprint density at radius 1 is 0.724 bits per heavy atom. The molecule has 7 nitrogen and oxygen atoms in total. The minimum Gasteiger partial charge on any atom is -0.504 e. The van der Waals surface area contributed by atoms with Crippen LogP contribution < -0.4 is 18.9 Å². The fourth-order valence-corrected chi connectivity index (χ4v) is 4.37. The van der Waals surface area contributed by atoms with Crippen molar-refractivity contribution in [2.45, 2.75) is 12.2 Å². The van der Waals surface area contributed by atoms with Crippen molar-refractivity contribution in [3.8, 4) is 28.7 Å². The van der Waals surface area contributed by atoms with Gasteiger partial charge in [-0.25, -0.2) is 0 Å². The minimum absolute atomic E-state index is 0.110. The standard InChI is InChI=1S/C22H26O7/c1-24-17-7-12(5-6-16(17)23)20-14-10-29-21(15(14)11-28-20)13-8-18(25-2)22(27-4)19(9-13)26-3/h5-9,14-15,20-21,23H,10-11H2,1-4H3. The van der Waals surface area contributed by atoms with Gasteiger partial charge in [-0.3, -0.25) is 0 Å². The first-order chi connectivity index (χ1) is 14.1. The molecule has 0 amide bonds. The summed E-state index contributed by atoms with van der Waals surface area (Å²) in [6.07, 6.45) is -0.237. The fourth-order valence-electron chi connectivity index (χ4n) is 4.37. The second kappa shape index (κ2) is 8.00. The molecule has 7 heteroatoms. The van der Waals surface area contributed by atoms with Crippen LogP contribution in [0.4, 0.5) is 0 Å². The molecule has 2 aliphatic heterocycles. The Balaban J connectivity index is 1.61. The molecule has 2 fully saturated rings. The van der Waals surface area contributed by atoms with Crippen LogP contribution in [0.5, 0.6) is 28.7 Å². The molecule has 0 bridgehead atoms. The van der Waals surface area contributed by atoms with Crippen molar-refractivity contribution in [1.29, 1.82) is 0 Å². The van der Waals surface area contributed by atoms with E-state index in [1.165, 1.54) is 7.11 Å². The summed E-state index contributed by atoms with van der Waals surface area (Å²) >= 11 is 0. The van der Waals surface area contributed by atoms with Crippen molar-refractivity contribution in [2.75, 3.05) is 41.7 Å². The van der Waals surface area contributed by atoms with E-state index in [2.05, 4.69) is 0 Å². The Bertz CT molecular complexity index is 856. The van der Waals surface area contributed by atoms with Gasteiger partial charge in [0.05, 0.1) is 53.9 Å². The number of benzene rings is 2. The number of ether oxygens (including phenoxy) is 6. The molecule has 0 spiro atoms. The van der Waals surface area contributed by atoms with E-state index < -0.39 is 0 Å². The molecule has 0 aromatic heterocycles. The summed E-state index contributed by atoms with van der Waals surface area (Å²) in [6.45, 7) is 1.17. The molecule has 2 aromatic rings. The first kappa shape index (κ1) is 19.7. The summed E-state index contributed by atoms with van der Waals surface area (Å²) < 4.78 is 34.0. The van der Waals surface area contributed by atoms with Crippen molar-refractivity contribution in [3.63, 3.8) is 0 Å². The fraction of sp³-hybridized carbons (Fsp3) is 0.455. The van der Waals surface area contributed by atoms with E-state index in [4.69, 9.17) is 28.4 Å². The Morgan fingerprint density at radius 3 is 1.76 bits per heavy atom. The lowest BCUT2D eigenvalue weighted by Gasteiger charge is -2.20. The molecule has 2 aliphatic rings. The highest BCUT2D eigenvalue weighted by atomic mass is 16.5. The maximum absolute atomic E-state index is 9.87. The van der Waals surface area contributed by atoms with E-state index in [0.717, 1.165) is 11.1 Å². The number of fused-ring (bicyclic) bond motifs is 1. The zero-order chi connectivity index (χ0) is 20.5. The number of hydrogen-bond donors (Lipinski definition) is 1. The molecule has 0 aliphatic carbocycles. The van der Waals surface area contributed by atoms with Gasteiger partial charge in [0.25, 0.3) is 0 Å². The van der Waals surface area contributed by atoms with Crippen molar-refractivity contribution >= 4 is 0 Å². The van der Waals surface area contributed by atoms with Gasteiger partial charge in [-0.1, -0.05) is 6.07 Å². The van der Waals surface area contributed by atoms with Crippen LogP contribution >= 0.6 is 0 Å².